The normalized spacial score (nSPS) is 16.9. The van der Waals surface area contributed by atoms with Gasteiger partial charge in [0.25, 0.3) is 5.91 Å². The molecule has 2 aliphatic heterocycles. The van der Waals surface area contributed by atoms with E-state index in [2.05, 4.69) is 9.80 Å². The average molecular weight is 679 g/mol. The largest absolute Gasteiger partial charge is 0.507 e. The van der Waals surface area contributed by atoms with Crippen LogP contribution >= 0.6 is 0 Å². The summed E-state index contributed by atoms with van der Waals surface area (Å²) >= 11 is 0. The van der Waals surface area contributed by atoms with Crippen LogP contribution in [0.15, 0.2) is 72.8 Å². The van der Waals surface area contributed by atoms with Crippen LogP contribution in [-0.2, 0) is 4.79 Å². The predicted molar refractivity (Wildman–Crippen MR) is 200 cm³/mol. The Morgan fingerprint density at radius 2 is 1.64 bits per heavy atom. The Hall–Kier alpha value is -4.96. The number of phenolic OH excluding ortho intramolecular Hbond substituents is 1. The van der Waals surface area contributed by atoms with Gasteiger partial charge in [-0.05, 0) is 94.0 Å². The van der Waals surface area contributed by atoms with Gasteiger partial charge in [-0.2, -0.15) is 0 Å². The predicted octanol–water partition coefficient (Wildman–Crippen LogP) is 6.39. The lowest BCUT2D eigenvalue weighted by molar-refractivity contribution is -0.117. The van der Waals surface area contributed by atoms with E-state index in [9.17, 15) is 14.7 Å². The summed E-state index contributed by atoms with van der Waals surface area (Å²) in [6.45, 7) is 9.67. The van der Waals surface area contributed by atoms with Crippen LogP contribution in [0.5, 0.6) is 11.5 Å². The van der Waals surface area contributed by atoms with Crippen molar-refractivity contribution < 1.29 is 19.4 Å². The molecule has 0 spiro atoms. The molecule has 0 radical (unpaired) electrons. The number of hydrogen-bond donors (Lipinski definition) is 4. The Balaban J connectivity index is 1.13. The summed E-state index contributed by atoms with van der Waals surface area (Å²) < 4.78 is 6.46. The first-order chi connectivity index (χ1) is 24.1. The third-order valence-electron chi connectivity index (χ3n) is 10.1. The summed E-state index contributed by atoms with van der Waals surface area (Å²) in [5.74, 6) is 0.313. The second-order valence-electron chi connectivity index (χ2n) is 13.4. The number of allylic oxidation sites excluding steroid dienone is 1. The molecule has 2 fully saturated rings. The number of carbonyl (C=O) groups excluding carboxylic acids is 2. The Kier molecular flexibility index (Phi) is 12.1. The maximum absolute atomic E-state index is 13.2. The smallest absolute Gasteiger partial charge is 0.260 e. The number of imide groups is 1. The van der Waals surface area contributed by atoms with Gasteiger partial charge in [0, 0.05) is 66.2 Å². The fourth-order valence-electron chi connectivity index (χ4n) is 7.14. The van der Waals surface area contributed by atoms with Gasteiger partial charge in [-0.3, -0.25) is 24.8 Å². The second-order valence-corrected chi connectivity index (χ2v) is 13.4. The summed E-state index contributed by atoms with van der Waals surface area (Å²) in [6, 6.07) is 20.5. The molecule has 2 saturated heterocycles. The summed E-state index contributed by atoms with van der Waals surface area (Å²) in [6.07, 6.45) is 7.88. The lowest BCUT2D eigenvalue weighted by Gasteiger charge is -2.42. The summed E-state index contributed by atoms with van der Waals surface area (Å²) in [4.78, 5) is 31.3. The number of hydrogen-bond acceptors (Lipinski definition) is 8. The van der Waals surface area contributed by atoms with Gasteiger partial charge in [0.05, 0.1) is 5.71 Å². The van der Waals surface area contributed by atoms with Gasteiger partial charge >= 0.3 is 0 Å². The van der Waals surface area contributed by atoms with Crippen LogP contribution in [0.3, 0.4) is 0 Å². The molecule has 5 N–H and O–H groups in total. The minimum Gasteiger partial charge on any atom is -0.507 e. The number of para-hydroxylation sites is 1. The molecule has 3 aromatic carbocycles. The van der Waals surface area contributed by atoms with Crippen molar-refractivity contribution in [1.29, 1.82) is 10.8 Å². The molecule has 1 atom stereocenters. The van der Waals surface area contributed by atoms with Crippen LogP contribution in [-0.4, -0.2) is 83.1 Å². The number of nitrogens with one attached hydrogen (secondary N) is 2. The van der Waals surface area contributed by atoms with Crippen LogP contribution < -0.4 is 15.4 Å². The number of carbonyl (C=O) groups is 2. The topological polar surface area (TPSA) is 147 Å². The van der Waals surface area contributed by atoms with Gasteiger partial charge in [-0.25, -0.2) is 0 Å². The number of piperidine rings is 2. The van der Waals surface area contributed by atoms with E-state index < -0.39 is 0 Å². The Labute approximate surface area is 295 Å². The highest BCUT2D eigenvalue weighted by Gasteiger charge is 2.30. The molecule has 0 saturated carbocycles. The fourth-order valence-corrected chi connectivity index (χ4v) is 7.14. The van der Waals surface area contributed by atoms with Crippen molar-refractivity contribution in [3.8, 4) is 11.5 Å². The van der Waals surface area contributed by atoms with E-state index in [-0.39, 0.29) is 35.3 Å². The van der Waals surface area contributed by atoms with Crippen molar-refractivity contribution in [1.82, 2.24) is 9.80 Å². The highest BCUT2D eigenvalue weighted by Crippen LogP contribution is 2.30. The van der Waals surface area contributed by atoms with Gasteiger partial charge in [0.1, 0.15) is 23.4 Å². The van der Waals surface area contributed by atoms with E-state index in [1.807, 2.05) is 57.2 Å². The number of amides is 2. The minimum atomic E-state index is -0.277. The molecule has 1 unspecified atom stereocenters. The zero-order valence-electron chi connectivity index (χ0n) is 29.4. The van der Waals surface area contributed by atoms with E-state index in [0.29, 0.717) is 34.9 Å². The van der Waals surface area contributed by atoms with E-state index in [0.717, 1.165) is 81.5 Å². The van der Waals surface area contributed by atoms with Crippen LogP contribution in [0, 0.1) is 17.7 Å². The third-order valence-corrected chi connectivity index (χ3v) is 10.1. The number of ether oxygens (including phenoxy) is 1. The van der Waals surface area contributed by atoms with Gasteiger partial charge in [-0.15, -0.1) is 0 Å². The number of rotatable bonds is 13. The summed E-state index contributed by atoms with van der Waals surface area (Å²) in [5, 5.41) is 26.7. The van der Waals surface area contributed by atoms with Crippen molar-refractivity contribution in [3.63, 3.8) is 0 Å². The standard InChI is InChI=1S/C40H50N6O4/c1-4-8-27(2)46(26-47)40(49)33-10-7-12-38(28(33)3)50-32-19-23-45(24-20-32)31-17-21-44(22-18-31)30-15-13-29(14-16-30)35(39(42)43)25-36(41)34-9-5-6-11-37(34)48/h5-7,9-16,25-27,31-32,41,48H,4,8,17-24H2,1-3H3,(H3,42,43)/b35-25-,41-36?. The first kappa shape index (κ1) is 36.3. The highest BCUT2D eigenvalue weighted by molar-refractivity contribution is 6.27. The third kappa shape index (κ3) is 8.42. The Bertz CT molecular complexity index is 1700. The molecule has 264 valence electrons. The SMILES string of the molecule is CCCC(C)N(C=O)C(=O)c1cccc(OC2CCN(C3CCN(c4ccc(/C(=C/C(=N)c5ccccc5O)C(=N)N)cc4)CC3)CC2)c1C. The summed E-state index contributed by atoms with van der Waals surface area (Å²) in [5.41, 5.74) is 9.98. The van der Waals surface area contributed by atoms with Crippen LogP contribution in [0.2, 0.25) is 0 Å². The molecule has 50 heavy (non-hydrogen) atoms. The molecule has 2 aliphatic rings. The van der Waals surface area contributed by atoms with Crippen molar-refractivity contribution in [2.45, 2.75) is 77.5 Å². The lowest BCUT2D eigenvalue weighted by atomic mass is 9.97. The molecule has 3 aromatic rings. The molecular weight excluding hydrogens is 628 g/mol. The number of anilines is 1. The minimum absolute atomic E-state index is 0.0138. The zero-order valence-corrected chi connectivity index (χ0v) is 29.4. The molecule has 10 nitrogen and oxygen atoms in total. The molecule has 2 heterocycles. The number of likely N-dealkylation sites (tertiary alicyclic amines) is 1. The highest BCUT2D eigenvalue weighted by atomic mass is 16.5. The monoisotopic (exact) mass is 678 g/mol. The Morgan fingerprint density at radius 3 is 2.26 bits per heavy atom. The number of nitrogens with two attached hydrogens (primary N) is 1. The first-order valence-corrected chi connectivity index (χ1v) is 17.7. The molecule has 10 heteroatoms. The van der Waals surface area contributed by atoms with Crippen LogP contribution in [0.1, 0.15) is 79.4 Å². The maximum Gasteiger partial charge on any atom is 0.260 e. The molecule has 0 bridgehead atoms. The van der Waals surface area contributed by atoms with Crippen molar-refractivity contribution in [3.05, 3.63) is 95.1 Å². The van der Waals surface area contributed by atoms with E-state index >= 15 is 0 Å². The van der Waals surface area contributed by atoms with E-state index in [1.165, 1.54) is 17.0 Å². The quantitative estimate of drug-likeness (QED) is 0.0931. The van der Waals surface area contributed by atoms with E-state index in [1.54, 1.807) is 24.3 Å². The number of amidine groups is 1. The van der Waals surface area contributed by atoms with Crippen molar-refractivity contribution in [2.24, 2.45) is 5.73 Å². The molecule has 5 rings (SSSR count). The maximum atomic E-state index is 13.2. The Morgan fingerprint density at radius 1 is 0.980 bits per heavy atom. The van der Waals surface area contributed by atoms with E-state index in [4.69, 9.17) is 21.3 Å². The molecule has 2 amide bonds. The summed E-state index contributed by atoms with van der Waals surface area (Å²) in [7, 11) is 0. The average Bonchev–Trinajstić information content (AvgIpc) is 3.12. The van der Waals surface area contributed by atoms with Gasteiger partial charge in [0.15, 0.2) is 0 Å². The number of benzene rings is 3. The first-order valence-electron chi connectivity index (χ1n) is 17.7. The zero-order chi connectivity index (χ0) is 35.8. The second kappa shape index (κ2) is 16.6. The molecular formula is C40H50N6O4. The molecule has 0 aliphatic carbocycles. The van der Waals surface area contributed by atoms with Crippen molar-refractivity contribution >= 4 is 35.1 Å². The van der Waals surface area contributed by atoms with Gasteiger partial charge < -0.3 is 25.9 Å². The molecule has 0 aromatic heterocycles. The number of nitrogens with zero attached hydrogens (tertiary/aromatic N) is 3. The van der Waals surface area contributed by atoms with Crippen LogP contribution in [0.25, 0.3) is 5.57 Å². The number of phenols is 1. The van der Waals surface area contributed by atoms with Gasteiger partial charge in [-0.1, -0.05) is 43.7 Å². The lowest BCUT2D eigenvalue weighted by Crippen LogP contribution is -2.49. The van der Waals surface area contributed by atoms with Crippen molar-refractivity contribution in [2.75, 3.05) is 31.1 Å². The van der Waals surface area contributed by atoms with Crippen LogP contribution in [0.4, 0.5) is 5.69 Å². The fraction of sp³-hybridized carbons (Fsp3) is 0.400. The van der Waals surface area contributed by atoms with Gasteiger partial charge in [0.2, 0.25) is 6.41 Å². The number of aromatic hydroxyl groups is 1.